The van der Waals surface area contributed by atoms with Crippen LogP contribution in [0.25, 0.3) is 0 Å². The van der Waals surface area contributed by atoms with Crippen LogP contribution in [0.3, 0.4) is 0 Å². The number of carbonyl (C=O) groups is 4. The summed E-state index contributed by atoms with van der Waals surface area (Å²) in [6.45, 7) is 12.0. The normalized spacial score (nSPS) is 14.8. The summed E-state index contributed by atoms with van der Waals surface area (Å²) in [5.41, 5.74) is -0.202. The quantitative estimate of drug-likeness (QED) is 0.313. The van der Waals surface area contributed by atoms with Gasteiger partial charge in [0.1, 0.15) is 17.2 Å². The fraction of sp³-hybridized carbons (Fsp3) is 0.441. The molecule has 1 atom stereocenters. The maximum absolute atomic E-state index is 13.7. The third-order valence-electron chi connectivity index (χ3n) is 7.67. The van der Waals surface area contributed by atoms with Crippen LogP contribution in [0.1, 0.15) is 81.9 Å². The van der Waals surface area contributed by atoms with Gasteiger partial charge in [0.25, 0.3) is 5.91 Å². The number of anilines is 1. The molecule has 3 aromatic rings. The minimum Gasteiger partial charge on any atom is -0.444 e. The monoisotopic (exact) mass is 616 g/mol. The van der Waals surface area contributed by atoms with Gasteiger partial charge in [-0.3, -0.25) is 14.4 Å². The van der Waals surface area contributed by atoms with Crippen LogP contribution in [0.4, 0.5) is 10.6 Å². The van der Waals surface area contributed by atoms with Crippen molar-refractivity contribution in [2.75, 3.05) is 18.4 Å². The number of imidazole rings is 1. The van der Waals surface area contributed by atoms with E-state index < -0.39 is 35.1 Å². The predicted octanol–water partition coefficient (Wildman–Crippen LogP) is 4.90. The van der Waals surface area contributed by atoms with Crippen LogP contribution in [-0.2, 0) is 20.9 Å². The first-order valence-electron chi connectivity index (χ1n) is 15.3. The number of carbonyl (C=O) groups excluding carboxylic acids is 4. The van der Waals surface area contributed by atoms with Gasteiger partial charge >= 0.3 is 6.09 Å². The number of rotatable bonds is 9. The average molecular weight is 617 g/mol. The molecule has 3 N–H and O–H groups in total. The van der Waals surface area contributed by atoms with Crippen molar-refractivity contribution in [3.8, 4) is 0 Å². The second kappa shape index (κ2) is 14.0. The summed E-state index contributed by atoms with van der Waals surface area (Å²) >= 11 is 0. The highest BCUT2D eigenvalue weighted by Gasteiger charge is 2.32. The van der Waals surface area contributed by atoms with Crippen LogP contribution in [0.2, 0.25) is 0 Å². The molecule has 0 aliphatic carbocycles. The smallest absolute Gasteiger partial charge is 0.408 e. The molecule has 45 heavy (non-hydrogen) atoms. The minimum atomic E-state index is -1.26. The van der Waals surface area contributed by atoms with Gasteiger partial charge in [-0.25, -0.2) is 9.78 Å². The first kappa shape index (κ1) is 33.2. The van der Waals surface area contributed by atoms with E-state index >= 15 is 0 Å². The zero-order chi connectivity index (χ0) is 32.8. The van der Waals surface area contributed by atoms with E-state index in [1.165, 1.54) is 0 Å². The molecule has 1 aromatic heterocycles. The van der Waals surface area contributed by atoms with E-state index in [0.29, 0.717) is 36.0 Å². The molecule has 0 radical (unpaired) electrons. The minimum absolute atomic E-state index is 0.00598. The van der Waals surface area contributed by atoms with E-state index in [-0.39, 0.29) is 12.5 Å². The van der Waals surface area contributed by atoms with Crippen LogP contribution in [0.5, 0.6) is 0 Å². The van der Waals surface area contributed by atoms with Crippen molar-refractivity contribution in [3.63, 3.8) is 0 Å². The number of amides is 4. The van der Waals surface area contributed by atoms with Crippen molar-refractivity contribution >= 4 is 29.6 Å². The SMILES string of the molecule is CC1CCN(C(=O)C(c2ccccc2)n2cnc(NC(=O)c3ccccc3CNC(=O)C(C)(C)NC(=O)OC(C)(C)C)c2)CC1. The van der Waals surface area contributed by atoms with Crippen molar-refractivity contribution in [1.82, 2.24) is 25.1 Å². The lowest BCUT2D eigenvalue weighted by atomic mass is 9.97. The van der Waals surface area contributed by atoms with Crippen molar-refractivity contribution in [1.29, 1.82) is 0 Å². The molecular weight excluding hydrogens is 572 g/mol. The standard InChI is InChI=1S/C34H44N6O5/c1-23-16-18-39(19-17-23)30(42)28(24-12-8-7-9-13-24)40-21-27(36-22-40)37-29(41)26-15-11-10-14-25(26)20-35-31(43)34(5,6)38-32(44)45-33(2,3)4/h7-15,21-23,28H,16-20H2,1-6H3,(H,35,43)(H,37,41)(H,38,44). The fourth-order valence-corrected chi connectivity index (χ4v) is 5.11. The van der Waals surface area contributed by atoms with Crippen molar-refractivity contribution < 1.29 is 23.9 Å². The van der Waals surface area contributed by atoms with Crippen LogP contribution in [0.15, 0.2) is 67.1 Å². The van der Waals surface area contributed by atoms with Crippen molar-refractivity contribution in [3.05, 3.63) is 83.8 Å². The largest absolute Gasteiger partial charge is 0.444 e. The van der Waals surface area contributed by atoms with E-state index in [2.05, 4.69) is 27.9 Å². The number of benzene rings is 2. The lowest BCUT2D eigenvalue weighted by Gasteiger charge is -2.33. The van der Waals surface area contributed by atoms with Gasteiger partial charge in [0.15, 0.2) is 5.82 Å². The Balaban J connectivity index is 1.45. The summed E-state index contributed by atoms with van der Waals surface area (Å²) in [6.07, 6.45) is 4.45. The van der Waals surface area contributed by atoms with Crippen LogP contribution >= 0.6 is 0 Å². The average Bonchev–Trinajstić information content (AvgIpc) is 3.43. The summed E-state index contributed by atoms with van der Waals surface area (Å²) in [4.78, 5) is 58.6. The number of hydrogen-bond donors (Lipinski definition) is 3. The lowest BCUT2D eigenvalue weighted by Crippen LogP contribution is -2.55. The molecular formula is C34H44N6O5. The molecule has 1 fully saturated rings. The first-order valence-corrected chi connectivity index (χ1v) is 15.3. The molecule has 1 saturated heterocycles. The Morgan fingerprint density at radius 3 is 2.27 bits per heavy atom. The summed E-state index contributed by atoms with van der Waals surface area (Å²) in [5.74, 6) is 0.0258. The topological polar surface area (TPSA) is 135 Å². The molecule has 11 heteroatoms. The van der Waals surface area contributed by atoms with E-state index in [0.717, 1.165) is 18.4 Å². The number of piperidine rings is 1. The van der Waals surface area contributed by atoms with Gasteiger partial charge in [0, 0.05) is 31.4 Å². The summed E-state index contributed by atoms with van der Waals surface area (Å²) < 4.78 is 7.00. The highest BCUT2D eigenvalue weighted by Crippen LogP contribution is 2.26. The van der Waals surface area contributed by atoms with Crippen molar-refractivity contribution in [2.45, 2.75) is 78.1 Å². The molecule has 1 unspecified atom stereocenters. The highest BCUT2D eigenvalue weighted by molar-refractivity contribution is 6.05. The summed E-state index contributed by atoms with van der Waals surface area (Å²) in [7, 11) is 0. The van der Waals surface area contributed by atoms with E-state index in [1.807, 2.05) is 35.2 Å². The highest BCUT2D eigenvalue weighted by atomic mass is 16.6. The molecule has 1 aliphatic heterocycles. The first-order chi connectivity index (χ1) is 21.2. The van der Waals surface area contributed by atoms with Gasteiger partial charge in [-0.2, -0.15) is 0 Å². The van der Waals surface area contributed by atoms with E-state index in [9.17, 15) is 19.2 Å². The maximum atomic E-state index is 13.7. The Kier molecular flexibility index (Phi) is 10.3. The van der Waals surface area contributed by atoms with Gasteiger partial charge in [-0.05, 0) is 70.6 Å². The van der Waals surface area contributed by atoms with Gasteiger partial charge in [-0.15, -0.1) is 0 Å². The molecule has 2 aromatic carbocycles. The van der Waals surface area contributed by atoms with Crippen molar-refractivity contribution in [2.24, 2.45) is 5.92 Å². The third kappa shape index (κ3) is 8.93. The second-order valence-electron chi connectivity index (χ2n) is 13.1. The number of nitrogens with one attached hydrogen (secondary N) is 3. The molecule has 4 amide bonds. The molecule has 0 bridgehead atoms. The third-order valence-corrected chi connectivity index (χ3v) is 7.67. The lowest BCUT2D eigenvalue weighted by molar-refractivity contribution is -0.135. The van der Waals surface area contributed by atoms with E-state index in [1.54, 1.807) is 76.0 Å². The Bertz CT molecular complexity index is 1500. The number of alkyl carbamates (subject to hydrolysis) is 1. The molecule has 4 rings (SSSR count). The van der Waals surface area contributed by atoms with Gasteiger partial charge in [0.05, 0.1) is 6.33 Å². The Hall–Kier alpha value is -4.67. The van der Waals surface area contributed by atoms with Crippen LogP contribution < -0.4 is 16.0 Å². The van der Waals surface area contributed by atoms with Gasteiger partial charge in [0.2, 0.25) is 11.8 Å². The number of ether oxygens (including phenoxy) is 1. The molecule has 2 heterocycles. The molecule has 240 valence electrons. The Morgan fingerprint density at radius 1 is 0.956 bits per heavy atom. The maximum Gasteiger partial charge on any atom is 0.408 e. The summed E-state index contributed by atoms with van der Waals surface area (Å²) in [6, 6.07) is 15.8. The van der Waals surface area contributed by atoms with Crippen LogP contribution in [0, 0.1) is 5.92 Å². The second-order valence-corrected chi connectivity index (χ2v) is 13.1. The Labute approximate surface area is 264 Å². The molecule has 11 nitrogen and oxygen atoms in total. The van der Waals surface area contributed by atoms with Gasteiger partial charge < -0.3 is 30.2 Å². The van der Waals surface area contributed by atoms with E-state index in [4.69, 9.17) is 4.74 Å². The zero-order valence-electron chi connectivity index (χ0n) is 26.9. The van der Waals surface area contributed by atoms with Crippen LogP contribution in [-0.4, -0.2) is 62.5 Å². The molecule has 0 saturated carbocycles. The van der Waals surface area contributed by atoms with Gasteiger partial charge in [-0.1, -0.05) is 55.5 Å². The molecule has 1 aliphatic rings. The fourth-order valence-electron chi connectivity index (χ4n) is 5.11. The predicted molar refractivity (Wildman–Crippen MR) is 171 cm³/mol. The number of aromatic nitrogens is 2. The zero-order valence-corrected chi connectivity index (χ0v) is 26.9. The summed E-state index contributed by atoms with van der Waals surface area (Å²) in [5, 5.41) is 8.21. The molecule has 0 spiro atoms. The number of hydrogen-bond acceptors (Lipinski definition) is 6. The number of likely N-dealkylation sites (tertiary alicyclic amines) is 1. The Morgan fingerprint density at radius 2 is 1.60 bits per heavy atom. The number of nitrogens with zero attached hydrogens (tertiary/aromatic N) is 3.